The molecule has 0 atom stereocenters. The first-order chi connectivity index (χ1) is 7.49. The lowest BCUT2D eigenvalue weighted by Gasteiger charge is -2.06. The summed E-state index contributed by atoms with van der Waals surface area (Å²) in [6, 6.07) is 0. The molecule has 1 saturated carbocycles. The van der Waals surface area contributed by atoms with Crippen molar-refractivity contribution >= 4 is 0 Å². The second kappa shape index (κ2) is 3.79. The Hall–Kier alpha value is -1.00. The third kappa shape index (κ3) is 1.83. The fraction of sp³-hybridized carbons (Fsp3) is 0.727. The Labute approximate surface area is 92.4 Å². The van der Waals surface area contributed by atoms with Crippen LogP contribution < -0.4 is 0 Å². The summed E-state index contributed by atoms with van der Waals surface area (Å²) in [6.07, 6.45) is -1.97. The van der Waals surface area contributed by atoms with Gasteiger partial charge in [-0.05, 0) is 32.1 Å². The Bertz CT molecular complexity index is 389. The number of alkyl halides is 3. The molecule has 0 N–H and O–H groups in total. The minimum Gasteiger partial charge on any atom is -0.269 e. The van der Waals surface area contributed by atoms with Gasteiger partial charge >= 0.3 is 6.18 Å². The molecule has 1 fully saturated rings. The van der Waals surface area contributed by atoms with Crippen LogP contribution in [0.25, 0.3) is 0 Å². The summed E-state index contributed by atoms with van der Waals surface area (Å²) < 4.78 is 40.0. The quantitative estimate of drug-likeness (QED) is 0.781. The SMILES string of the molecule is CCc1c(C2CC2)c(C(F)(F)F)nn1CC. The summed E-state index contributed by atoms with van der Waals surface area (Å²) >= 11 is 0. The zero-order chi connectivity index (χ0) is 11.9. The number of halogens is 3. The van der Waals surface area contributed by atoms with Crippen LogP contribution in [-0.2, 0) is 19.1 Å². The summed E-state index contributed by atoms with van der Waals surface area (Å²) in [6.45, 7) is 4.21. The standard InChI is InChI=1S/C11H15F3N2/c1-3-8-9(7-5-6-7)10(11(12,13)14)15-16(8)4-2/h7H,3-6H2,1-2H3. The third-order valence-electron chi connectivity index (χ3n) is 2.99. The predicted octanol–water partition coefficient (Wildman–Crippen LogP) is 3.36. The zero-order valence-electron chi connectivity index (χ0n) is 9.43. The molecule has 16 heavy (non-hydrogen) atoms. The number of hydrogen-bond acceptors (Lipinski definition) is 1. The van der Waals surface area contributed by atoms with Gasteiger partial charge < -0.3 is 0 Å². The molecular weight excluding hydrogens is 217 g/mol. The van der Waals surface area contributed by atoms with Crippen molar-refractivity contribution in [1.82, 2.24) is 9.78 Å². The Morgan fingerprint density at radius 2 is 1.94 bits per heavy atom. The van der Waals surface area contributed by atoms with E-state index in [0.717, 1.165) is 18.5 Å². The van der Waals surface area contributed by atoms with Gasteiger partial charge in [0.15, 0.2) is 5.69 Å². The van der Waals surface area contributed by atoms with E-state index in [1.54, 1.807) is 0 Å². The highest BCUT2D eigenvalue weighted by atomic mass is 19.4. The van der Waals surface area contributed by atoms with Crippen LogP contribution in [0.1, 0.15) is 49.6 Å². The molecule has 0 aromatic carbocycles. The topological polar surface area (TPSA) is 17.8 Å². The minimum absolute atomic E-state index is 0.0897. The van der Waals surface area contributed by atoms with Gasteiger partial charge in [-0.25, -0.2) is 0 Å². The summed E-state index contributed by atoms with van der Waals surface area (Å²) in [5.74, 6) is 0.0897. The van der Waals surface area contributed by atoms with Gasteiger partial charge in [0.05, 0.1) is 0 Å². The highest BCUT2D eigenvalue weighted by molar-refractivity contribution is 5.35. The Morgan fingerprint density at radius 1 is 1.31 bits per heavy atom. The van der Waals surface area contributed by atoms with Crippen molar-refractivity contribution in [2.24, 2.45) is 0 Å². The summed E-state index contributed by atoms with van der Waals surface area (Å²) in [5.41, 5.74) is 0.558. The molecule has 1 aliphatic carbocycles. The monoisotopic (exact) mass is 232 g/mol. The van der Waals surface area contributed by atoms with Gasteiger partial charge in [-0.1, -0.05) is 6.92 Å². The number of aromatic nitrogens is 2. The maximum atomic E-state index is 12.8. The van der Waals surface area contributed by atoms with Gasteiger partial charge in [0.2, 0.25) is 0 Å². The maximum Gasteiger partial charge on any atom is 0.435 e. The molecule has 2 nitrogen and oxygen atoms in total. The van der Waals surface area contributed by atoms with Crippen molar-refractivity contribution in [2.45, 2.75) is 51.7 Å². The van der Waals surface area contributed by atoms with Gasteiger partial charge in [0, 0.05) is 17.8 Å². The van der Waals surface area contributed by atoms with Gasteiger partial charge in [0.1, 0.15) is 0 Å². The largest absolute Gasteiger partial charge is 0.435 e. The molecule has 1 aliphatic rings. The van der Waals surface area contributed by atoms with Crippen LogP contribution in [0.5, 0.6) is 0 Å². The molecule has 0 spiro atoms. The Kier molecular flexibility index (Phi) is 2.72. The number of aryl methyl sites for hydroxylation is 1. The van der Waals surface area contributed by atoms with E-state index < -0.39 is 11.9 Å². The second-order valence-corrected chi connectivity index (χ2v) is 4.15. The molecule has 0 amide bonds. The molecule has 0 unspecified atom stereocenters. The Morgan fingerprint density at radius 3 is 2.31 bits per heavy atom. The molecule has 1 aromatic heterocycles. The molecule has 90 valence electrons. The van der Waals surface area contributed by atoms with E-state index in [9.17, 15) is 13.2 Å². The fourth-order valence-corrected chi connectivity index (χ4v) is 2.16. The van der Waals surface area contributed by atoms with Crippen molar-refractivity contribution in [1.29, 1.82) is 0 Å². The number of nitrogens with zero attached hydrogens (tertiary/aromatic N) is 2. The van der Waals surface area contributed by atoms with Crippen molar-refractivity contribution in [3.05, 3.63) is 17.0 Å². The highest BCUT2D eigenvalue weighted by Crippen LogP contribution is 2.47. The normalized spacial score (nSPS) is 16.8. The van der Waals surface area contributed by atoms with Crippen molar-refractivity contribution < 1.29 is 13.2 Å². The van der Waals surface area contributed by atoms with Gasteiger partial charge in [0.25, 0.3) is 0 Å². The second-order valence-electron chi connectivity index (χ2n) is 4.15. The molecule has 0 radical (unpaired) electrons. The molecule has 1 heterocycles. The number of rotatable bonds is 3. The first-order valence-electron chi connectivity index (χ1n) is 5.65. The lowest BCUT2D eigenvalue weighted by molar-refractivity contribution is -0.142. The average molecular weight is 232 g/mol. The van der Waals surface area contributed by atoms with Crippen LogP contribution in [0.15, 0.2) is 0 Å². The lowest BCUT2D eigenvalue weighted by Crippen LogP contribution is -2.09. The van der Waals surface area contributed by atoms with E-state index in [0.29, 0.717) is 18.5 Å². The minimum atomic E-state index is -4.32. The van der Waals surface area contributed by atoms with Crippen LogP contribution in [0, 0.1) is 0 Å². The lowest BCUT2D eigenvalue weighted by atomic mass is 10.1. The van der Waals surface area contributed by atoms with Crippen molar-refractivity contribution in [3.8, 4) is 0 Å². The van der Waals surface area contributed by atoms with Crippen LogP contribution >= 0.6 is 0 Å². The predicted molar refractivity (Wildman–Crippen MR) is 54.3 cm³/mol. The fourth-order valence-electron chi connectivity index (χ4n) is 2.16. The van der Waals surface area contributed by atoms with Crippen molar-refractivity contribution in [2.75, 3.05) is 0 Å². The average Bonchev–Trinajstić information content (AvgIpc) is 2.96. The van der Waals surface area contributed by atoms with E-state index in [1.807, 2.05) is 13.8 Å². The first-order valence-corrected chi connectivity index (χ1v) is 5.65. The van der Waals surface area contributed by atoms with Gasteiger partial charge in [-0.2, -0.15) is 18.3 Å². The third-order valence-corrected chi connectivity index (χ3v) is 2.99. The van der Waals surface area contributed by atoms with E-state index in [4.69, 9.17) is 0 Å². The molecule has 5 heteroatoms. The summed E-state index contributed by atoms with van der Waals surface area (Å²) in [4.78, 5) is 0. The molecule has 1 aromatic rings. The number of hydrogen-bond donors (Lipinski definition) is 0. The van der Waals surface area contributed by atoms with Gasteiger partial charge in [-0.3, -0.25) is 4.68 Å². The smallest absolute Gasteiger partial charge is 0.269 e. The molecule has 2 rings (SSSR count). The van der Waals surface area contributed by atoms with E-state index in [2.05, 4.69) is 5.10 Å². The molecular formula is C11H15F3N2. The summed E-state index contributed by atoms with van der Waals surface area (Å²) in [7, 11) is 0. The maximum absolute atomic E-state index is 12.8. The highest BCUT2D eigenvalue weighted by Gasteiger charge is 2.43. The molecule has 0 saturated heterocycles. The van der Waals surface area contributed by atoms with Crippen LogP contribution in [0.4, 0.5) is 13.2 Å². The van der Waals surface area contributed by atoms with Crippen LogP contribution in [0.3, 0.4) is 0 Å². The first kappa shape index (κ1) is 11.5. The van der Waals surface area contributed by atoms with Gasteiger partial charge in [-0.15, -0.1) is 0 Å². The van der Waals surface area contributed by atoms with E-state index in [-0.39, 0.29) is 5.92 Å². The zero-order valence-corrected chi connectivity index (χ0v) is 9.43. The summed E-state index contributed by atoms with van der Waals surface area (Å²) in [5, 5.41) is 3.72. The Balaban J connectivity index is 2.55. The van der Waals surface area contributed by atoms with Crippen molar-refractivity contribution in [3.63, 3.8) is 0 Å². The van der Waals surface area contributed by atoms with E-state index in [1.165, 1.54) is 4.68 Å². The van der Waals surface area contributed by atoms with Crippen LogP contribution in [-0.4, -0.2) is 9.78 Å². The molecule has 0 aliphatic heterocycles. The van der Waals surface area contributed by atoms with Crippen LogP contribution in [0.2, 0.25) is 0 Å². The molecule has 0 bridgehead atoms. The van der Waals surface area contributed by atoms with E-state index >= 15 is 0 Å².